The summed E-state index contributed by atoms with van der Waals surface area (Å²) in [5.41, 5.74) is 1.99. The molecule has 18 heavy (non-hydrogen) atoms. The van der Waals surface area contributed by atoms with E-state index >= 15 is 0 Å². The zero-order valence-electron chi connectivity index (χ0n) is 10.9. The van der Waals surface area contributed by atoms with Crippen molar-refractivity contribution in [2.45, 2.75) is 39.5 Å². The molecule has 0 aliphatic carbocycles. The van der Waals surface area contributed by atoms with Gasteiger partial charge in [0.1, 0.15) is 5.82 Å². The molecule has 0 aliphatic heterocycles. The highest BCUT2D eigenvalue weighted by molar-refractivity contribution is 6.17. The van der Waals surface area contributed by atoms with E-state index in [-0.39, 0.29) is 0 Å². The predicted octanol–water partition coefficient (Wildman–Crippen LogP) is 2.83. The molecule has 0 atom stereocenters. The highest BCUT2D eigenvalue weighted by Crippen LogP contribution is 2.14. The first-order chi connectivity index (χ1) is 8.69. The van der Waals surface area contributed by atoms with Gasteiger partial charge in [0.05, 0.1) is 0 Å². The van der Waals surface area contributed by atoms with Gasteiger partial charge in [-0.1, -0.05) is 19.9 Å². The molecule has 0 unspecified atom stereocenters. The Bertz CT molecular complexity index is 548. The third-order valence-electron chi connectivity index (χ3n) is 2.89. The van der Waals surface area contributed by atoms with Crippen LogP contribution >= 0.6 is 11.6 Å². The van der Waals surface area contributed by atoms with Crippen molar-refractivity contribution in [1.82, 2.24) is 19.7 Å². The maximum absolute atomic E-state index is 5.84. The summed E-state index contributed by atoms with van der Waals surface area (Å²) >= 11 is 5.84. The molecule has 2 aromatic rings. The Balaban J connectivity index is 2.47. The summed E-state index contributed by atoms with van der Waals surface area (Å²) < 4.78 is 1.82. The molecule has 0 radical (unpaired) electrons. The monoisotopic (exact) mass is 264 g/mol. The molecule has 0 fully saturated rings. The minimum Gasteiger partial charge on any atom is -0.234 e. The maximum Gasteiger partial charge on any atom is 0.155 e. The Kier molecular flexibility index (Phi) is 3.97. The molecule has 2 heterocycles. The molecule has 0 saturated carbocycles. The van der Waals surface area contributed by atoms with Crippen LogP contribution in [0.3, 0.4) is 0 Å². The third-order valence-corrected chi connectivity index (χ3v) is 3.18. The van der Waals surface area contributed by atoms with Gasteiger partial charge in [-0.25, -0.2) is 9.97 Å². The summed E-state index contributed by atoms with van der Waals surface area (Å²) in [5.74, 6) is 3.09. The van der Waals surface area contributed by atoms with Crippen LogP contribution in [0.25, 0.3) is 5.82 Å². The van der Waals surface area contributed by atoms with Crippen molar-refractivity contribution < 1.29 is 0 Å². The van der Waals surface area contributed by atoms with E-state index in [0.717, 1.165) is 41.6 Å². The Labute approximate surface area is 112 Å². The van der Waals surface area contributed by atoms with Crippen LogP contribution in [0, 0.1) is 6.92 Å². The highest BCUT2D eigenvalue weighted by atomic mass is 35.5. The fraction of sp³-hybridized carbons (Fsp3) is 0.462. The number of alkyl halides is 1. The van der Waals surface area contributed by atoms with Crippen LogP contribution in [-0.2, 0) is 18.7 Å². The van der Waals surface area contributed by atoms with E-state index < -0.39 is 0 Å². The van der Waals surface area contributed by atoms with Crippen molar-refractivity contribution in [3.05, 3.63) is 35.0 Å². The molecule has 2 aromatic heterocycles. The standard InChI is InChI=1S/C13H17ClN4/c1-4-11-16-12(5-2)18(17-11)13-7-6-10(8-14)9(3)15-13/h6-7H,4-5,8H2,1-3H3. The molecular formula is C13H17ClN4. The molecule has 96 valence electrons. The van der Waals surface area contributed by atoms with Crippen LogP contribution in [0.5, 0.6) is 0 Å². The lowest BCUT2D eigenvalue weighted by Crippen LogP contribution is -2.06. The van der Waals surface area contributed by atoms with E-state index in [1.165, 1.54) is 0 Å². The normalized spacial score (nSPS) is 10.9. The fourth-order valence-electron chi connectivity index (χ4n) is 1.79. The van der Waals surface area contributed by atoms with Gasteiger partial charge in [-0.3, -0.25) is 0 Å². The topological polar surface area (TPSA) is 43.6 Å². The summed E-state index contributed by atoms with van der Waals surface area (Å²) in [6.45, 7) is 6.08. The molecule has 0 spiro atoms. The van der Waals surface area contributed by atoms with Crippen LogP contribution < -0.4 is 0 Å². The first-order valence-electron chi connectivity index (χ1n) is 6.17. The van der Waals surface area contributed by atoms with Crippen molar-refractivity contribution >= 4 is 11.6 Å². The summed E-state index contributed by atoms with van der Waals surface area (Å²) in [7, 11) is 0. The molecule has 4 nitrogen and oxygen atoms in total. The van der Waals surface area contributed by atoms with Crippen molar-refractivity contribution in [1.29, 1.82) is 0 Å². The van der Waals surface area contributed by atoms with Gasteiger partial charge < -0.3 is 0 Å². The quantitative estimate of drug-likeness (QED) is 0.798. The van der Waals surface area contributed by atoms with Crippen molar-refractivity contribution in [2.75, 3.05) is 0 Å². The third kappa shape index (κ3) is 2.38. The highest BCUT2D eigenvalue weighted by Gasteiger charge is 2.11. The first-order valence-corrected chi connectivity index (χ1v) is 6.70. The zero-order chi connectivity index (χ0) is 13.1. The number of aromatic nitrogens is 4. The van der Waals surface area contributed by atoms with Gasteiger partial charge in [0.25, 0.3) is 0 Å². The molecule has 0 aliphatic rings. The number of hydrogen-bond donors (Lipinski definition) is 0. The summed E-state index contributed by atoms with van der Waals surface area (Å²) in [6.07, 6.45) is 1.67. The SMILES string of the molecule is CCc1nc(CC)n(-c2ccc(CCl)c(C)n2)n1. The number of pyridine rings is 1. The second kappa shape index (κ2) is 5.48. The van der Waals surface area contributed by atoms with Gasteiger partial charge in [-0.15, -0.1) is 16.7 Å². The molecule has 0 aromatic carbocycles. The van der Waals surface area contributed by atoms with E-state index in [0.29, 0.717) is 5.88 Å². The summed E-state index contributed by atoms with van der Waals surface area (Å²) in [5, 5.41) is 4.48. The van der Waals surface area contributed by atoms with Crippen molar-refractivity contribution in [3.63, 3.8) is 0 Å². The number of rotatable bonds is 4. The second-order valence-corrected chi connectivity index (χ2v) is 4.38. The largest absolute Gasteiger partial charge is 0.234 e. The van der Waals surface area contributed by atoms with Crippen LogP contribution in [0.2, 0.25) is 0 Å². The lowest BCUT2D eigenvalue weighted by atomic mass is 10.2. The van der Waals surface area contributed by atoms with Gasteiger partial charge in [0.2, 0.25) is 0 Å². The van der Waals surface area contributed by atoms with E-state index in [1.54, 1.807) is 0 Å². The predicted molar refractivity (Wildman–Crippen MR) is 72.2 cm³/mol. The van der Waals surface area contributed by atoms with Crippen LogP contribution in [0.15, 0.2) is 12.1 Å². The van der Waals surface area contributed by atoms with Gasteiger partial charge in [0, 0.05) is 24.4 Å². The van der Waals surface area contributed by atoms with E-state index in [2.05, 4.69) is 22.0 Å². The smallest absolute Gasteiger partial charge is 0.155 e. The lowest BCUT2D eigenvalue weighted by Gasteiger charge is -2.06. The first kappa shape index (κ1) is 13.0. The molecule has 5 heteroatoms. The Morgan fingerprint density at radius 3 is 2.50 bits per heavy atom. The van der Waals surface area contributed by atoms with Gasteiger partial charge in [-0.05, 0) is 18.6 Å². The average molecular weight is 265 g/mol. The van der Waals surface area contributed by atoms with Gasteiger partial charge in [-0.2, -0.15) is 4.68 Å². The van der Waals surface area contributed by atoms with Crippen LogP contribution in [0.4, 0.5) is 0 Å². The Hall–Kier alpha value is -1.42. The lowest BCUT2D eigenvalue weighted by molar-refractivity contribution is 0.764. The summed E-state index contributed by atoms with van der Waals surface area (Å²) in [4.78, 5) is 9.03. The maximum atomic E-state index is 5.84. The fourth-order valence-corrected chi connectivity index (χ4v) is 2.07. The van der Waals surface area contributed by atoms with Crippen LogP contribution in [0.1, 0.15) is 36.8 Å². The molecule has 0 N–H and O–H groups in total. The second-order valence-electron chi connectivity index (χ2n) is 4.11. The van der Waals surface area contributed by atoms with Crippen molar-refractivity contribution in [2.24, 2.45) is 0 Å². The molecule has 0 saturated heterocycles. The van der Waals surface area contributed by atoms with Gasteiger partial charge >= 0.3 is 0 Å². The Morgan fingerprint density at radius 2 is 1.94 bits per heavy atom. The zero-order valence-corrected chi connectivity index (χ0v) is 11.7. The van der Waals surface area contributed by atoms with E-state index in [9.17, 15) is 0 Å². The Morgan fingerprint density at radius 1 is 1.17 bits per heavy atom. The average Bonchev–Trinajstić information content (AvgIpc) is 2.82. The van der Waals surface area contributed by atoms with Gasteiger partial charge in [0.15, 0.2) is 11.6 Å². The molecule has 0 amide bonds. The number of hydrogen-bond acceptors (Lipinski definition) is 3. The molecule has 2 rings (SSSR count). The van der Waals surface area contributed by atoms with E-state index in [1.807, 2.05) is 30.7 Å². The number of nitrogens with zero attached hydrogens (tertiary/aromatic N) is 4. The number of halogens is 1. The van der Waals surface area contributed by atoms with Crippen LogP contribution in [-0.4, -0.2) is 19.7 Å². The summed E-state index contributed by atoms with van der Waals surface area (Å²) in [6, 6.07) is 3.94. The minimum atomic E-state index is 0.483. The van der Waals surface area contributed by atoms with Crippen molar-refractivity contribution in [3.8, 4) is 5.82 Å². The minimum absolute atomic E-state index is 0.483. The number of aryl methyl sites for hydroxylation is 3. The van der Waals surface area contributed by atoms with E-state index in [4.69, 9.17) is 11.6 Å². The molecular weight excluding hydrogens is 248 g/mol. The molecule has 0 bridgehead atoms.